The quantitative estimate of drug-likeness (QED) is 0.283. The normalized spacial score (nSPS) is 16.0. The van der Waals surface area contributed by atoms with E-state index in [2.05, 4.69) is 17.1 Å². The third-order valence-corrected chi connectivity index (χ3v) is 5.00. The molecular formula is C19H40IN5O2. The molecule has 1 rings (SSSR count). The number of hydrogen-bond donors (Lipinski definition) is 1. The largest absolute Gasteiger partial charge is 0.383 e. The third kappa shape index (κ3) is 9.94. The molecule has 0 saturated carbocycles. The van der Waals surface area contributed by atoms with Gasteiger partial charge in [0.15, 0.2) is 5.96 Å². The Kier molecular flexibility index (Phi) is 15.0. The molecule has 0 unspecified atom stereocenters. The number of methoxy groups -OCH3 is 1. The minimum Gasteiger partial charge on any atom is -0.383 e. The first kappa shape index (κ1) is 26.4. The summed E-state index contributed by atoms with van der Waals surface area (Å²) in [6.45, 7) is 13.6. The molecule has 27 heavy (non-hydrogen) atoms. The summed E-state index contributed by atoms with van der Waals surface area (Å²) >= 11 is 0. The molecule has 0 atom stereocenters. The van der Waals surface area contributed by atoms with Crippen LogP contribution in [0, 0.1) is 5.92 Å². The van der Waals surface area contributed by atoms with Gasteiger partial charge in [-0.3, -0.25) is 9.79 Å². The van der Waals surface area contributed by atoms with E-state index in [4.69, 9.17) is 9.73 Å². The summed E-state index contributed by atoms with van der Waals surface area (Å²) in [5.41, 5.74) is 0. The van der Waals surface area contributed by atoms with Gasteiger partial charge >= 0.3 is 0 Å². The summed E-state index contributed by atoms with van der Waals surface area (Å²) < 4.78 is 5.16. The van der Waals surface area contributed by atoms with E-state index in [1.54, 1.807) is 7.11 Å². The second kappa shape index (κ2) is 15.3. The summed E-state index contributed by atoms with van der Waals surface area (Å²) in [4.78, 5) is 23.4. The highest BCUT2D eigenvalue weighted by molar-refractivity contribution is 14.0. The highest BCUT2D eigenvalue weighted by Crippen LogP contribution is 2.17. The fourth-order valence-electron chi connectivity index (χ4n) is 3.25. The van der Waals surface area contributed by atoms with Crippen molar-refractivity contribution in [3.8, 4) is 0 Å². The minimum absolute atomic E-state index is 0. The van der Waals surface area contributed by atoms with Gasteiger partial charge in [0.25, 0.3) is 0 Å². The molecular weight excluding hydrogens is 457 g/mol. The lowest BCUT2D eigenvalue weighted by molar-refractivity contribution is -0.131. The lowest BCUT2D eigenvalue weighted by Crippen LogP contribution is -2.46. The van der Waals surface area contributed by atoms with E-state index in [-0.39, 0.29) is 29.9 Å². The van der Waals surface area contributed by atoms with E-state index >= 15 is 0 Å². The maximum atomic E-state index is 12.3. The number of nitrogens with zero attached hydrogens (tertiary/aromatic N) is 4. The maximum Gasteiger partial charge on any atom is 0.242 e. The molecule has 0 bridgehead atoms. The number of ether oxygens (including phenoxy) is 1. The van der Waals surface area contributed by atoms with Gasteiger partial charge in [-0.2, -0.15) is 0 Å². The van der Waals surface area contributed by atoms with Gasteiger partial charge in [0.2, 0.25) is 5.91 Å². The predicted octanol–water partition coefficient (Wildman–Crippen LogP) is 1.73. The number of nitrogens with one attached hydrogen (secondary N) is 1. The van der Waals surface area contributed by atoms with Crippen molar-refractivity contribution in [2.45, 2.75) is 33.6 Å². The number of amides is 1. The van der Waals surface area contributed by atoms with Gasteiger partial charge in [-0.15, -0.1) is 24.0 Å². The predicted molar refractivity (Wildman–Crippen MR) is 123 cm³/mol. The zero-order valence-corrected chi connectivity index (χ0v) is 20.2. The van der Waals surface area contributed by atoms with Crippen molar-refractivity contribution >= 4 is 35.8 Å². The molecule has 1 N–H and O–H groups in total. The Balaban J connectivity index is 0.00000676. The van der Waals surface area contributed by atoms with Crippen molar-refractivity contribution in [1.82, 2.24) is 20.0 Å². The summed E-state index contributed by atoms with van der Waals surface area (Å²) in [5, 5.41) is 3.32. The first-order valence-corrected chi connectivity index (χ1v) is 10.0. The molecule has 0 aromatic heterocycles. The molecule has 7 nitrogen and oxygen atoms in total. The molecule has 1 saturated heterocycles. The smallest absolute Gasteiger partial charge is 0.242 e. The summed E-state index contributed by atoms with van der Waals surface area (Å²) in [6.07, 6.45) is 2.35. The van der Waals surface area contributed by atoms with Crippen LogP contribution in [-0.4, -0.2) is 99.7 Å². The van der Waals surface area contributed by atoms with E-state index in [1.165, 1.54) is 12.8 Å². The second-order valence-corrected chi connectivity index (χ2v) is 6.89. The molecule has 0 radical (unpaired) electrons. The van der Waals surface area contributed by atoms with Crippen molar-refractivity contribution in [1.29, 1.82) is 0 Å². The lowest BCUT2D eigenvalue weighted by Gasteiger charge is -2.31. The first-order chi connectivity index (χ1) is 12.5. The van der Waals surface area contributed by atoms with Gasteiger partial charge in [-0.1, -0.05) is 0 Å². The minimum atomic E-state index is 0. The molecule has 1 fully saturated rings. The van der Waals surface area contributed by atoms with E-state index in [1.807, 2.05) is 30.7 Å². The van der Waals surface area contributed by atoms with Crippen LogP contribution in [0.25, 0.3) is 0 Å². The van der Waals surface area contributed by atoms with Gasteiger partial charge in [0, 0.05) is 46.9 Å². The van der Waals surface area contributed by atoms with Crippen LogP contribution in [0.5, 0.6) is 0 Å². The number of carbonyl (C=O) groups is 1. The Hall–Kier alpha value is -0.610. The Morgan fingerprint density at radius 2 is 1.85 bits per heavy atom. The first-order valence-electron chi connectivity index (χ1n) is 10.0. The van der Waals surface area contributed by atoms with Gasteiger partial charge < -0.3 is 24.8 Å². The van der Waals surface area contributed by atoms with Gasteiger partial charge in [0.05, 0.1) is 13.2 Å². The van der Waals surface area contributed by atoms with E-state index in [0.29, 0.717) is 12.5 Å². The Morgan fingerprint density at radius 1 is 1.22 bits per heavy atom. The van der Waals surface area contributed by atoms with Crippen molar-refractivity contribution in [2.24, 2.45) is 10.9 Å². The summed E-state index contributed by atoms with van der Waals surface area (Å²) in [5.74, 6) is 1.60. The zero-order valence-electron chi connectivity index (χ0n) is 17.9. The zero-order chi connectivity index (χ0) is 19.4. The Labute approximate surface area is 182 Å². The number of aliphatic imine (C=N–C) groups is 1. The average molecular weight is 497 g/mol. The molecule has 0 aliphatic carbocycles. The third-order valence-electron chi connectivity index (χ3n) is 5.00. The lowest BCUT2D eigenvalue weighted by atomic mass is 9.97. The Bertz CT molecular complexity index is 424. The number of guanidine groups is 1. The van der Waals surface area contributed by atoms with Crippen molar-refractivity contribution in [3.05, 3.63) is 0 Å². The van der Waals surface area contributed by atoms with Gasteiger partial charge in [-0.25, -0.2) is 0 Å². The van der Waals surface area contributed by atoms with Gasteiger partial charge in [0.1, 0.15) is 0 Å². The topological polar surface area (TPSA) is 60.4 Å². The monoisotopic (exact) mass is 497 g/mol. The molecule has 1 aliphatic rings. The highest BCUT2D eigenvalue weighted by atomic mass is 127. The van der Waals surface area contributed by atoms with E-state index in [0.717, 1.165) is 58.4 Å². The van der Waals surface area contributed by atoms with Crippen LogP contribution in [0.4, 0.5) is 0 Å². The molecule has 1 aliphatic heterocycles. The number of halogens is 1. The van der Waals surface area contributed by atoms with Crippen LogP contribution in [0.2, 0.25) is 0 Å². The van der Waals surface area contributed by atoms with Crippen LogP contribution >= 0.6 is 24.0 Å². The Morgan fingerprint density at radius 3 is 2.37 bits per heavy atom. The van der Waals surface area contributed by atoms with E-state index in [9.17, 15) is 4.79 Å². The number of hydrogen-bond acceptors (Lipinski definition) is 4. The average Bonchev–Trinajstić information content (AvgIpc) is 2.65. The molecule has 0 spiro atoms. The van der Waals surface area contributed by atoms with E-state index < -0.39 is 0 Å². The maximum absolute atomic E-state index is 12.3. The van der Waals surface area contributed by atoms with Crippen molar-refractivity contribution in [3.63, 3.8) is 0 Å². The number of likely N-dealkylation sites (tertiary alicyclic amines) is 1. The molecule has 1 amide bonds. The van der Waals surface area contributed by atoms with Crippen LogP contribution in [0.1, 0.15) is 33.6 Å². The summed E-state index contributed by atoms with van der Waals surface area (Å²) in [7, 11) is 3.70. The number of carbonyl (C=O) groups excluding carboxylic acids is 1. The number of rotatable bonds is 10. The highest BCUT2D eigenvalue weighted by Gasteiger charge is 2.20. The second-order valence-electron chi connectivity index (χ2n) is 6.89. The van der Waals surface area contributed by atoms with Crippen LogP contribution in [-0.2, 0) is 9.53 Å². The molecule has 0 aromatic carbocycles. The van der Waals surface area contributed by atoms with Crippen molar-refractivity contribution < 1.29 is 9.53 Å². The molecule has 160 valence electrons. The van der Waals surface area contributed by atoms with Crippen LogP contribution in [0.15, 0.2) is 4.99 Å². The molecule has 8 heteroatoms. The molecule has 0 aromatic rings. The van der Waals surface area contributed by atoms with Crippen LogP contribution < -0.4 is 5.32 Å². The number of likely N-dealkylation sites (N-methyl/N-ethyl adjacent to an activating group) is 2. The fraction of sp³-hybridized carbons (Fsp3) is 0.895. The SMILES string of the molecule is CCNC(=NCC1CCN(CCOC)CC1)N(C)CC(=O)N(CC)CC.I. The number of piperidine rings is 1. The van der Waals surface area contributed by atoms with Crippen molar-refractivity contribution in [2.75, 3.05) is 73.1 Å². The fourth-order valence-corrected chi connectivity index (χ4v) is 3.25. The van der Waals surface area contributed by atoms with Crippen LogP contribution in [0.3, 0.4) is 0 Å². The molecule has 1 heterocycles. The van der Waals surface area contributed by atoms with Gasteiger partial charge in [-0.05, 0) is 52.6 Å². The standard InChI is InChI=1S/C19H39N5O2.HI/c1-6-20-19(22(4)16-18(25)24(7-2)8-3)21-15-17-9-11-23(12-10-17)13-14-26-5;/h17H,6-16H2,1-5H3,(H,20,21);1H. The summed E-state index contributed by atoms with van der Waals surface area (Å²) in [6, 6.07) is 0.